The number of nitrogens with one attached hydrogen (secondary N) is 1. The van der Waals surface area contributed by atoms with Gasteiger partial charge in [-0.1, -0.05) is 39.5 Å². The molecule has 7 aromatic rings. The minimum atomic E-state index is -0.945. The van der Waals surface area contributed by atoms with Crippen molar-refractivity contribution in [2.45, 2.75) is 97.8 Å². The summed E-state index contributed by atoms with van der Waals surface area (Å²) in [6, 6.07) is 11.4. The average Bonchev–Trinajstić information content (AvgIpc) is 3.78. The summed E-state index contributed by atoms with van der Waals surface area (Å²) in [5.41, 5.74) is 2.39. The number of halogens is 2. The Morgan fingerprint density at radius 1 is 0.986 bits per heavy atom. The molecule has 0 aliphatic carbocycles. The molecule has 19 heteroatoms. The van der Waals surface area contributed by atoms with E-state index in [-0.39, 0.29) is 78.6 Å². The van der Waals surface area contributed by atoms with Crippen LogP contribution in [0.1, 0.15) is 81.7 Å². The van der Waals surface area contributed by atoms with Gasteiger partial charge in [-0.15, -0.1) is 0 Å². The number of aliphatic hydroxyl groups excluding tert-OH is 1. The van der Waals surface area contributed by atoms with Crippen LogP contribution in [0, 0.1) is 18.6 Å². The third-order valence-electron chi connectivity index (χ3n) is 13.6. The molecular formula is C52H58F2N12O5. The van der Waals surface area contributed by atoms with Crippen LogP contribution in [0.2, 0.25) is 0 Å². The van der Waals surface area contributed by atoms with Crippen LogP contribution in [0.3, 0.4) is 0 Å². The highest BCUT2D eigenvalue weighted by Gasteiger charge is 2.33. The first-order chi connectivity index (χ1) is 34.2. The van der Waals surface area contributed by atoms with Crippen molar-refractivity contribution in [3.8, 4) is 22.7 Å². The number of rotatable bonds is 14. The van der Waals surface area contributed by atoms with Gasteiger partial charge in [0.25, 0.3) is 11.5 Å². The second kappa shape index (κ2) is 20.1. The molecule has 0 spiro atoms. The van der Waals surface area contributed by atoms with Crippen LogP contribution in [0.5, 0.6) is 5.75 Å². The second-order valence-corrected chi connectivity index (χ2v) is 18.8. The molecule has 3 N–H and O–H groups in total. The fourth-order valence-electron chi connectivity index (χ4n) is 9.96. The zero-order chi connectivity index (χ0) is 50.2. The van der Waals surface area contributed by atoms with Crippen molar-refractivity contribution in [3.05, 3.63) is 134 Å². The molecule has 8 heterocycles. The number of phenols is 1. The lowest BCUT2D eigenvalue weighted by Gasteiger charge is -2.41. The number of phenolic OH excluding ortho intramolecular Hbond substituents is 1. The van der Waals surface area contributed by atoms with Gasteiger partial charge < -0.3 is 34.8 Å². The van der Waals surface area contributed by atoms with Crippen molar-refractivity contribution in [2.24, 2.45) is 0 Å². The predicted octanol–water partition coefficient (Wildman–Crippen LogP) is 6.67. The van der Waals surface area contributed by atoms with Crippen molar-refractivity contribution in [3.63, 3.8) is 0 Å². The van der Waals surface area contributed by atoms with Crippen LogP contribution >= 0.6 is 0 Å². The molecule has 6 aromatic heterocycles. The number of carbonyl (C=O) groups excluding carboxylic acids is 1. The third-order valence-corrected chi connectivity index (χ3v) is 13.6. The SMILES string of the molecule is C=C(Cn1cc(CNc2cc(N3CCCC[C@H]3CCO)nc3c(CC)cnn23)ccc1=O)C(=O)N1CCN(c2nc(=O)n(-c3c(C)ccnc3C(C)C)c3nc(-c4c(O)cccc4F)c(F)cc23)[C@@H](C)C1. The second-order valence-electron chi connectivity index (χ2n) is 18.8. The first kappa shape index (κ1) is 48.5. The minimum Gasteiger partial charge on any atom is -0.507 e. The summed E-state index contributed by atoms with van der Waals surface area (Å²) in [6.45, 7) is 15.4. The predicted molar refractivity (Wildman–Crippen MR) is 268 cm³/mol. The Morgan fingerprint density at radius 2 is 1.80 bits per heavy atom. The average molecular weight is 969 g/mol. The molecule has 2 fully saturated rings. The number of piperazine rings is 1. The fourth-order valence-corrected chi connectivity index (χ4v) is 9.96. The molecule has 0 saturated carbocycles. The maximum Gasteiger partial charge on any atom is 0.355 e. The van der Waals surface area contributed by atoms with E-state index in [9.17, 15) is 24.6 Å². The molecule has 370 valence electrons. The summed E-state index contributed by atoms with van der Waals surface area (Å²) >= 11 is 0. The Hall–Kier alpha value is -7.54. The number of aromatic hydroxyl groups is 1. The van der Waals surface area contributed by atoms with Crippen LogP contribution in [-0.4, -0.2) is 105 Å². The monoisotopic (exact) mass is 968 g/mol. The summed E-state index contributed by atoms with van der Waals surface area (Å²) in [6.07, 6.45) is 9.70. The zero-order valence-electron chi connectivity index (χ0n) is 40.6. The van der Waals surface area contributed by atoms with Crippen molar-refractivity contribution < 1.29 is 23.8 Å². The lowest BCUT2D eigenvalue weighted by Crippen LogP contribution is -2.54. The number of amides is 1. The van der Waals surface area contributed by atoms with Crippen LogP contribution < -0.4 is 26.4 Å². The number of benzene rings is 1. The number of aryl methyl sites for hydroxylation is 2. The number of hydrogen-bond acceptors (Lipinski definition) is 13. The minimum absolute atomic E-state index is 0.0188. The van der Waals surface area contributed by atoms with E-state index in [0.717, 1.165) is 72.8 Å². The summed E-state index contributed by atoms with van der Waals surface area (Å²) in [5.74, 6) is -1.20. The third kappa shape index (κ3) is 9.33. The summed E-state index contributed by atoms with van der Waals surface area (Å²) in [4.78, 5) is 66.2. The van der Waals surface area contributed by atoms with Gasteiger partial charge >= 0.3 is 5.69 Å². The number of carbonyl (C=O) groups is 1. The van der Waals surface area contributed by atoms with Gasteiger partial charge in [-0.25, -0.2) is 28.1 Å². The number of fused-ring (bicyclic) bond motifs is 2. The van der Waals surface area contributed by atoms with E-state index in [1.165, 1.54) is 27.3 Å². The highest BCUT2D eigenvalue weighted by Crippen LogP contribution is 2.37. The van der Waals surface area contributed by atoms with Gasteiger partial charge in [0.05, 0.1) is 35.1 Å². The first-order valence-electron chi connectivity index (χ1n) is 24.2. The highest BCUT2D eigenvalue weighted by molar-refractivity contribution is 5.94. The van der Waals surface area contributed by atoms with Crippen LogP contribution in [0.15, 0.2) is 88.9 Å². The quantitative estimate of drug-likeness (QED) is 0.0981. The Morgan fingerprint density at radius 3 is 2.55 bits per heavy atom. The first-order valence-corrected chi connectivity index (χ1v) is 24.2. The largest absolute Gasteiger partial charge is 0.507 e. The van der Waals surface area contributed by atoms with Crippen molar-refractivity contribution >= 4 is 40.0 Å². The number of aliphatic hydroxyl groups is 1. The van der Waals surface area contributed by atoms with Gasteiger partial charge in [-0.05, 0) is 87.3 Å². The van der Waals surface area contributed by atoms with Gasteiger partial charge in [-0.3, -0.25) is 14.6 Å². The standard InChI is InChI=1S/C52H58F2N12O5/c1-7-35-26-57-66-41(24-42(58-48(35)66)64-19-9-8-11-36(64)17-22-67)56-25-34-14-15-43(69)62(29-34)27-32(5)51(70)61-20-21-63(33(6)28-61)49-37-23-39(54)46(44-38(53)12-10-13-40(44)68)59-50(37)65(52(71)60-49)47-31(4)16-18-55-45(47)30(2)3/h10,12-16,18,23-24,26,29-30,33,36,56,67-68H,5,7-9,11,17,19-22,25,27-28H2,1-4,6H3/t33-,36-/m0/s1. The summed E-state index contributed by atoms with van der Waals surface area (Å²) in [7, 11) is 0. The van der Waals surface area contributed by atoms with E-state index < -0.39 is 40.4 Å². The zero-order valence-corrected chi connectivity index (χ0v) is 40.6. The maximum atomic E-state index is 16.3. The lowest BCUT2D eigenvalue weighted by atomic mass is 9.99. The molecule has 17 nitrogen and oxygen atoms in total. The van der Waals surface area contributed by atoms with Crippen molar-refractivity contribution in [1.29, 1.82) is 0 Å². The Kier molecular flexibility index (Phi) is 13.7. The van der Waals surface area contributed by atoms with Crippen molar-refractivity contribution in [2.75, 3.05) is 47.9 Å². The number of hydrogen-bond donors (Lipinski definition) is 3. The number of nitrogens with zero attached hydrogens (tertiary/aromatic N) is 11. The molecule has 1 amide bonds. The maximum absolute atomic E-state index is 16.3. The van der Waals surface area contributed by atoms with Gasteiger partial charge in [0, 0.05) is 87.1 Å². The van der Waals surface area contributed by atoms with E-state index in [1.54, 1.807) is 33.9 Å². The fraction of sp³-hybridized carbons (Fsp3) is 0.385. The summed E-state index contributed by atoms with van der Waals surface area (Å²) < 4.78 is 36.1. The van der Waals surface area contributed by atoms with E-state index in [1.807, 2.05) is 44.9 Å². The summed E-state index contributed by atoms with van der Waals surface area (Å²) in [5, 5.41) is 28.8. The highest BCUT2D eigenvalue weighted by atomic mass is 19.1. The lowest BCUT2D eigenvalue weighted by molar-refractivity contribution is -0.128. The van der Waals surface area contributed by atoms with E-state index in [0.29, 0.717) is 29.9 Å². The van der Waals surface area contributed by atoms with E-state index >= 15 is 8.78 Å². The molecule has 2 aliphatic rings. The number of anilines is 3. The van der Waals surface area contributed by atoms with Crippen LogP contribution in [0.25, 0.3) is 33.6 Å². The number of pyridine rings is 3. The van der Waals surface area contributed by atoms with E-state index in [4.69, 9.17) is 4.98 Å². The van der Waals surface area contributed by atoms with E-state index in [2.05, 4.69) is 43.8 Å². The normalized spacial score (nSPS) is 16.4. The molecule has 0 unspecified atom stereocenters. The van der Waals surface area contributed by atoms with Gasteiger partial charge in [0.15, 0.2) is 17.1 Å². The Labute approximate surface area is 408 Å². The van der Waals surface area contributed by atoms with Gasteiger partial charge in [-0.2, -0.15) is 14.6 Å². The topological polar surface area (TPSA) is 192 Å². The molecule has 71 heavy (non-hydrogen) atoms. The molecule has 2 saturated heterocycles. The molecule has 2 aliphatic heterocycles. The Balaban J connectivity index is 0.952. The van der Waals surface area contributed by atoms with Crippen LogP contribution in [0.4, 0.5) is 26.2 Å². The Bertz CT molecular complexity index is 3290. The van der Waals surface area contributed by atoms with Crippen LogP contribution in [-0.2, 0) is 24.3 Å². The van der Waals surface area contributed by atoms with Crippen molar-refractivity contribution in [1.82, 2.24) is 43.6 Å². The number of piperidine rings is 1. The molecule has 1 aromatic carbocycles. The molecule has 0 radical (unpaired) electrons. The van der Waals surface area contributed by atoms with Gasteiger partial charge in [0.2, 0.25) is 0 Å². The number of aromatic nitrogens is 8. The molecule has 0 bridgehead atoms. The molecular weight excluding hydrogens is 911 g/mol. The van der Waals surface area contributed by atoms with Gasteiger partial charge in [0.1, 0.15) is 34.7 Å². The smallest absolute Gasteiger partial charge is 0.355 e. The molecule has 2 atom stereocenters. The molecule has 9 rings (SSSR count).